The van der Waals surface area contributed by atoms with Crippen LogP contribution < -0.4 is 0 Å². The number of aromatic nitrogens is 5. The third-order valence-corrected chi connectivity index (χ3v) is 11.3. The number of likely N-dealkylation sites (tertiary alicyclic amines) is 2. The van der Waals surface area contributed by atoms with Crippen molar-refractivity contribution in [2.24, 2.45) is 23.2 Å². The molecule has 1 saturated carbocycles. The Labute approximate surface area is 252 Å². The van der Waals surface area contributed by atoms with E-state index in [4.69, 9.17) is 0 Å². The molecule has 2 saturated heterocycles. The first-order chi connectivity index (χ1) is 19.6. The molecule has 41 heavy (non-hydrogen) atoms. The van der Waals surface area contributed by atoms with Crippen LogP contribution in [0.25, 0.3) is 5.69 Å². The Kier molecular flexibility index (Phi) is 7.87. The van der Waals surface area contributed by atoms with E-state index in [-0.39, 0.29) is 11.9 Å². The summed E-state index contributed by atoms with van der Waals surface area (Å²) in [5.41, 5.74) is 5.10. The molecule has 9 heteroatoms. The zero-order valence-corrected chi connectivity index (χ0v) is 26.8. The SMILES string of the molecule is Cc1nn(-c2ccc(C(=O)N3CCC(C4CC4)C3Cn3cc(CCN4CCC(C)C(C)(C)C4)nn3)cc2)c(C)c1Br. The van der Waals surface area contributed by atoms with E-state index < -0.39 is 0 Å². The number of benzene rings is 1. The van der Waals surface area contributed by atoms with Crippen LogP contribution in [0.1, 0.15) is 73.9 Å². The summed E-state index contributed by atoms with van der Waals surface area (Å²) in [6.45, 7) is 16.0. The molecule has 6 rings (SSSR count). The summed E-state index contributed by atoms with van der Waals surface area (Å²) in [4.78, 5) is 18.5. The number of hydrogen-bond acceptors (Lipinski definition) is 5. The minimum absolute atomic E-state index is 0.113. The van der Waals surface area contributed by atoms with Gasteiger partial charge in [0.1, 0.15) is 0 Å². The van der Waals surface area contributed by atoms with Gasteiger partial charge in [0, 0.05) is 37.8 Å². The number of halogens is 1. The molecule has 3 aliphatic rings. The average molecular weight is 623 g/mol. The third kappa shape index (κ3) is 5.89. The van der Waals surface area contributed by atoms with E-state index in [1.165, 1.54) is 25.8 Å². The number of amides is 1. The van der Waals surface area contributed by atoms with Crippen molar-refractivity contribution in [3.05, 3.63) is 57.6 Å². The van der Waals surface area contributed by atoms with Gasteiger partial charge in [-0.3, -0.25) is 9.48 Å². The highest BCUT2D eigenvalue weighted by atomic mass is 79.9. The van der Waals surface area contributed by atoms with Crippen LogP contribution >= 0.6 is 15.9 Å². The van der Waals surface area contributed by atoms with E-state index >= 15 is 0 Å². The van der Waals surface area contributed by atoms with E-state index in [9.17, 15) is 4.79 Å². The average Bonchev–Trinajstić information content (AvgIpc) is 3.47. The lowest BCUT2D eigenvalue weighted by atomic mass is 9.75. The summed E-state index contributed by atoms with van der Waals surface area (Å²) in [5, 5.41) is 13.7. The molecule has 4 heterocycles. The lowest BCUT2D eigenvalue weighted by molar-refractivity contribution is 0.0655. The molecule has 3 aromatic rings. The first-order valence-corrected chi connectivity index (χ1v) is 16.1. The van der Waals surface area contributed by atoms with Crippen LogP contribution in [0.2, 0.25) is 0 Å². The Balaban J connectivity index is 1.12. The number of nitrogens with zero attached hydrogens (tertiary/aromatic N) is 7. The maximum atomic E-state index is 13.8. The summed E-state index contributed by atoms with van der Waals surface area (Å²) in [7, 11) is 0. The molecule has 2 aromatic heterocycles. The van der Waals surface area contributed by atoms with Gasteiger partial charge in [-0.25, -0.2) is 4.68 Å². The minimum Gasteiger partial charge on any atom is -0.333 e. The van der Waals surface area contributed by atoms with Crippen molar-refractivity contribution in [3.8, 4) is 5.69 Å². The van der Waals surface area contributed by atoms with Gasteiger partial charge in [-0.2, -0.15) is 5.10 Å². The lowest BCUT2D eigenvalue weighted by Crippen LogP contribution is -2.45. The number of hydrogen-bond donors (Lipinski definition) is 0. The van der Waals surface area contributed by atoms with Gasteiger partial charge in [-0.1, -0.05) is 26.0 Å². The molecule has 0 N–H and O–H groups in total. The number of aryl methyl sites for hydroxylation is 1. The van der Waals surface area contributed by atoms with Crippen molar-refractivity contribution < 1.29 is 4.79 Å². The maximum absolute atomic E-state index is 13.8. The monoisotopic (exact) mass is 621 g/mol. The van der Waals surface area contributed by atoms with Crippen LogP contribution in [0.15, 0.2) is 34.9 Å². The van der Waals surface area contributed by atoms with Crippen LogP contribution in [-0.4, -0.2) is 72.7 Å². The van der Waals surface area contributed by atoms with Crippen molar-refractivity contribution in [2.45, 2.75) is 79.3 Å². The van der Waals surface area contributed by atoms with Gasteiger partial charge in [0.25, 0.3) is 5.91 Å². The second-order valence-corrected chi connectivity index (χ2v) is 14.2. The highest BCUT2D eigenvalue weighted by Gasteiger charge is 2.45. The molecule has 0 radical (unpaired) electrons. The molecule has 8 nitrogen and oxygen atoms in total. The molecule has 3 unspecified atom stereocenters. The fourth-order valence-corrected chi connectivity index (χ4v) is 7.25. The van der Waals surface area contributed by atoms with Gasteiger partial charge in [-0.05, 0) is 109 Å². The Hall–Kier alpha value is -2.52. The van der Waals surface area contributed by atoms with Crippen LogP contribution in [0.4, 0.5) is 0 Å². The zero-order chi connectivity index (χ0) is 28.9. The fourth-order valence-electron chi connectivity index (χ4n) is 7.00. The quantitative estimate of drug-likeness (QED) is 0.323. The summed E-state index contributed by atoms with van der Waals surface area (Å²) in [6, 6.07) is 8.03. The first-order valence-electron chi connectivity index (χ1n) is 15.3. The van der Waals surface area contributed by atoms with Gasteiger partial charge in [0.2, 0.25) is 0 Å². The van der Waals surface area contributed by atoms with Gasteiger partial charge in [-0.15, -0.1) is 5.10 Å². The molecule has 1 amide bonds. The fraction of sp³-hybridized carbons (Fsp3) is 0.625. The van der Waals surface area contributed by atoms with Gasteiger partial charge >= 0.3 is 0 Å². The minimum atomic E-state index is 0.113. The molecule has 220 valence electrons. The Morgan fingerprint density at radius 2 is 1.83 bits per heavy atom. The number of rotatable bonds is 8. The molecular weight excluding hydrogens is 578 g/mol. The molecule has 0 spiro atoms. The second-order valence-electron chi connectivity index (χ2n) is 13.4. The van der Waals surface area contributed by atoms with Crippen LogP contribution in [0, 0.1) is 37.0 Å². The van der Waals surface area contributed by atoms with Crippen LogP contribution in [0.3, 0.4) is 0 Å². The van der Waals surface area contributed by atoms with Gasteiger partial charge < -0.3 is 9.80 Å². The van der Waals surface area contributed by atoms with Crippen molar-refractivity contribution in [2.75, 3.05) is 26.2 Å². The smallest absolute Gasteiger partial charge is 0.254 e. The van der Waals surface area contributed by atoms with E-state index in [1.807, 2.05) is 47.5 Å². The molecule has 1 aromatic carbocycles. The summed E-state index contributed by atoms with van der Waals surface area (Å²) < 4.78 is 4.93. The predicted molar refractivity (Wildman–Crippen MR) is 164 cm³/mol. The normalized spacial score (nSPS) is 24.7. The lowest BCUT2D eigenvalue weighted by Gasteiger charge is -2.43. The molecule has 1 aliphatic carbocycles. The van der Waals surface area contributed by atoms with Crippen molar-refractivity contribution >= 4 is 21.8 Å². The zero-order valence-electron chi connectivity index (χ0n) is 25.2. The summed E-state index contributed by atoms with van der Waals surface area (Å²) in [5.74, 6) is 2.15. The largest absolute Gasteiger partial charge is 0.333 e. The number of piperidine rings is 1. The van der Waals surface area contributed by atoms with Crippen LogP contribution in [0.5, 0.6) is 0 Å². The van der Waals surface area contributed by atoms with Crippen LogP contribution in [-0.2, 0) is 13.0 Å². The van der Waals surface area contributed by atoms with Gasteiger partial charge in [0.15, 0.2) is 0 Å². The summed E-state index contributed by atoms with van der Waals surface area (Å²) >= 11 is 3.61. The molecular formula is C32H44BrN7O. The van der Waals surface area contributed by atoms with Gasteiger partial charge in [0.05, 0.1) is 39.8 Å². The third-order valence-electron chi connectivity index (χ3n) is 10.1. The molecule has 3 atom stereocenters. The van der Waals surface area contributed by atoms with Crippen molar-refractivity contribution in [3.63, 3.8) is 0 Å². The van der Waals surface area contributed by atoms with Crippen molar-refractivity contribution in [1.29, 1.82) is 0 Å². The highest BCUT2D eigenvalue weighted by Crippen LogP contribution is 2.45. The van der Waals surface area contributed by atoms with E-state index in [0.29, 0.717) is 17.9 Å². The molecule has 0 bridgehead atoms. The highest BCUT2D eigenvalue weighted by molar-refractivity contribution is 9.10. The van der Waals surface area contributed by atoms with E-state index in [0.717, 1.165) is 77.1 Å². The Morgan fingerprint density at radius 3 is 2.49 bits per heavy atom. The number of carbonyl (C=O) groups excluding carboxylic acids is 1. The van der Waals surface area contributed by atoms with E-state index in [1.54, 1.807) is 0 Å². The predicted octanol–water partition coefficient (Wildman–Crippen LogP) is 5.69. The molecule has 2 aliphatic heterocycles. The first kappa shape index (κ1) is 28.6. The second kappa shape index (κ2) is 11.3. The number of carbonyl (C=O) groups is 1. The standard InChI is InChI=1S/C32H44BrN7O/c1-21-12-15-37(20-32(21,4)5)16-13-26-18-38(36-34-26)19-29-28(24-6-7-24)14-17-39(29)31(41)25-8-10-27(11-9-25)40-23(3)30(33)22(2)35-40/h8-11,18,21,24,28-29H,6-7,12-17,19-20H2,1-5H3. The molecule has 3 fully saturated rings. The van der Waals surface area contributed by atoms with E-state index in [2.05, 4.69) is 68.1 Å². The topological polar surface area (TPSA) is 72.1 Å². The van der Waals surface area contributed by atoms with Crippen molar-refractivity contribution in [1.82, 2.24) is 34.6 Å². The Bertz CT molecular complexity index is 1390. The summed E-state index contributed by atoms with van der Waals surface area (Å²) in [6.07, 6.45) is 7.93. The Morgan fingerprint density at radius 1 is 1.07 bits per heavy atom. The maximum Gasteiger partial charge on any atom is 0.254 e.